The monoisotopic (exact) mass is 344 g/mol. The number of benzene rings is 1. The molecule has 0 aliphatic carbocycles. The van der Waals surface area contributed by atoms with Gasteiger partial charge in [-0.2, -0.15) is 0 Å². The Morgan fingerprint density at radius 3 is 2.44 bits per heavy atom. The summed E-state index contributed by atoms with van der Waals surface area (Å²) in [4.78, 5) is 25.8. The highest BCUT2D eigenvalue weighted by molar-refractivity contribution is 5.93. The van der Waals surface area contributed by atoms with Crippen LogP contribution in [0.25, 0.3) is 0 Å². The van der Waals surface area contributed by atoms with Gasteiger partial charge in [0.15, 0.2) is 11.9 Å². The van der Waals surface area contributed by atoms with Crippen LogP contribution in [0.5, 0.6) is 11.5 Å². The summed E-state index contributed by atoms with van der Waals surface area (Å²) in [6, 6.07) is 9.31. The van der Waals surface area contributed by atoms with Gasteiger partial charge < -0.3 is 19.6 Å². The molecule has 130 valence electrons. The van der Waals surface area contributed by atoms with E-state index in [2.05, 4.69) is 10.4 Å². The Balaban J connectivity index is 1.59. The van der Waals surface area contributed by atoms with Crippen LogP contribution in [0.3, 0.4) is 0 Å². The van der Waals surface area contributed by atoms with Gasteiger partial charge in [-0.15, -0.1) is 0 Å². The maximum absolute atomic E-state index is 12.2. The number of nitro groups is 1. The predicted molar refractivity (Wildman–Crippen MR) is 87.3 cm³/mol. The Labute approximate surface area is 143 Å². The van der Waals surface area contributed by atoms with E-state index in [1.54, 1.807) is 24.3 Å². The summed E-state index contributed by atoms with van der Waals surface area (Å²) >= 11 is 0. The van der Waals surface area contributed by atoms with Gasteiger partial charge in [0.1, 0.15) is 5.75 Å². The van der Waals surface area contributed by atoms with Gasteiger partial charge in [-0.3, -0.25) is 10.2 Å². The number of amides is 1. The van der Waals surface area contributed by atoms with E-state index in [-0.39, 0.29) is 11.7 Å². The number of morpholine rings is 1. The molecule has 1 aliphatic rings. The molecule has 1 aliphatic heterocycles. The molecule has 0 spiro atoms. The second-order valence-corrected chi connectivity index (χ2v) is 5.28. The van der Waals surface area contributed by atoms with Crippen LogP contribution < -0.4 is 10.2 Å². The first-order valence-corrected chi connectivity index (χ1v) is 7.64. The molecule has 2 aromatic rings. The molecule has 1 N–H and O–H groups in total. The lowest BCUT2D eigenvalue weighted by molar-refractivity contribution is -0.389. The second-order valence-electron chi connectivity index (χ2n) is 5.28. The van der Waals surface area contributed by atoms with Gasteiger partial charge in [-0.05, 0) is 40.2 Å². The molecule has 1 fully saturated rings. The minimum atomic E-state index is -0.578. The average Bonchev–Trinajstić information content (AvgIpc) is 2.63. The molecule has 25 heavy (non-hydrogen) atoms. The third-order valence-corrected chi connectivity index (χ3v) is 3.53. The number of rotatable bonds is 5. The van der Waals surface area contributed by atoms with Crippen molar-refractivity contribution in [3.05, 3.63) is 58.3 Å². The van der Waals surface area contributed by atoms with E-state index in [0.717, 1.165) is 0 Å². The van der Waals surface area contributed by atoms with Crippen molar-refractivity contribution < 1.29 is 19.2 Å². The highest BCUT2D eigenvalue weighted by Gasteiger charge is 2.14. The quantitative estimate of drug-likeness (QED) is 0.650. The van der Waals surface area contributed by atoms with E-state index < -0.39 is 4.92 Å². The van der Waals surface area contributed by atoms with Crippen molar-refractivity contribution in [3.8, 4) is 11.5 Å². The first-order chi connectivity index (χ1) is 12.1. The van der Waals surface area contributed by atoms with Gasteiger partial charge in [0.2, 0.25) is 0 Å². The van der Waals surface area contributed by atoms with E-state index in [0.29, 0.717) is 43.4 Å². The maximum Gasteiger partial charge on any atom is 0.363 e. The molecule has 3 rings (SSSR count). The Kier molecular flexibility index (Phi) is 5.17. The fraction of sp³-hybridized carbons (Fsp3) is 0.250. The number of pyridine rings is 1. The SMILES string of the molecule is O=C(NN1CCOCC1)c1ccc(Oc2ccc([N+](=O)[O-])nc2)cc1. The predicted octanol–water partition coefficient (Wildman–Crippen LogP) is 1.76. The summed E-state index contributed by atoms with van der Waals surface area (Å²) in [6.45, 7) is 2.49. The van der Waals surface area contributed by atoms with Crippen molar-refractivity contribution in [1.82, 2.24) is 15.4 Å². The zero-order valence-electron chi connectivity index (χ0n) is 13.3. The van der Waals surface area contributed by atoms with Crippen molar-refractivity contribution >= 4 is 11.7 Å². The van der Waals surface area contributed by atoms with E-state index in [1.807, 2.05) is 5.01 Å². The fourth-order valence-electron chi connectivity index (χ4n) is 2.23. The average molecular weight is 344 g/mol. The summed E-state index contributed by atoms with van der Waals surface area (Å²) in [7, 11) is 0. The molecule has 0 unspecified atom stereocenters. The lowest BCUT2D eigenvalue weighted by Gasteiger charge is -2.26. The number of carbonyl (C=O) groups excluding carboxylic acids is 1. The van der Waals surface area contributed by atoms with E-state index in [4.69, 9.17) is 9.47 Å². The second kappa shape index (κ2) is 7.69. The number of hydrogen-bond acceptors (Lipinski definition) is 7. The van der Waals surface area contributed by atoms with Crippen LogP contribution in [0.4, 0.5) is 5.82 Å². The standard InChI is InChI=1S/C16H16N4O5/c21-16(18-19-7-9-24-10-8-19)12-1-3-13(4-2-12)25-14-5-6-15(17-11-14)20(22)23/h1-6,11H,7-10H2,(H,18,21). The summed E-state index contributed by atoms with van der Waals surface area (Å²) in [6.07, 6.45) is 1.27. The Bertz CT molecular complexity index is 742. The molecular formula is C16H16N4O5. The number of nitrogens with one attached hydrogen (secondary N) is 1. The molecule has 1 aromatic carbocycles. The lowest BCUT2D eigenvalue weighted by Crippen LogP contribution is -2.48. The van der Waals surface area contributed by atoms with Crippen molar-refractivity contribution in [3.63, 3.8) is 0 Å². The van der Waals surface area contributed by atoms with E-state index in [1.165, 1.54) is 18.3 Å². The Morgan fingerprint density at radius 1 is 1.16 bits per heavy atom. The van der Waals surface area contributed by atoms with Gasteiger partial charge in [-0.25, -0.2) is 5.01 Å². The van der Waals surface area contributed by atoms with Gasteiger partial charge in [0.05, 0.1) is 13.2 Å². The molecule has 9 nitrogen and oxygen atoms in total. The Hall–Kier alpha value is -3.04. The number of aromatic nitrogens is 1. The van der Waals surface area contributed by atoms with Crippen LogP contribution in [0.1, 0.15) is 10.4 Å². The first-order valence-electron chi connectivity index (χ1n) is 7.64. The lowest BCUT2D eigenvalue weighted by atomic mass is 10.2. The molecule has 1 saturated heterocycles. The number of carbonyl (C=O) groups is 1. The minimum absolute atomic E-state index is 0.203. The molecule has 1 aromatic heterocycles. The summed E-state index contributed by atoms with van der Waals surface area (Å²) < 4.78 is 10.8. The molecule has 1 amide bonds. The smallest absolute Gasteiger partial charge is 0.363 e. The number of ether oxygens (including phenoxy) is 2. The topological polar surface area (TPSA) is 107 Å². The van der Waals surface area contributed by atoms with Gasteiger partial charge >= 0.3 is 5.82 Å². The van der Waals surface area contributed by atoms with Crippen LogP contribution in [0.15, 0.2) is 42.6 Å². The van der Waals surface area contributed by atoms with Crippen LogP contribution >= 0.6 is 0 Å². The molecule has 9 heteroatoms. The summed E-state index contributed by atoms with van der Waals surface area (Å²) in [5.74, 6) is 0.419. The zero-order chi connectivity index (χ0) is 17.6. The number of hydrazine groups is 1. The fourth-order valence-corrected chi connectivity index (χ4v) is 2.23. The van der Waals surface area contributed by atoms with Gasteiger partial charge in [0.25, 0.3) is 5.91 Å². The van der Waals surface area contributed by atoms with E-state index in [9.17, 15) is 14.9 Å². The number of hydrogen-bond donors (Lipinski definition) is 1. The molecule has 0 bridgehead atoms. The zero-order valence-corrected chi connectivity index (χ0v) is 13.3. The van der Waals surface area contributed by atoms with Crippen molar-refractivity contribution in [2.24, 2.45) is 0 Å². The Morgan fingerprint density at radius 2 is 1.84 bits per heavy atom. The number of nitrogens with zero attached hydrogens (tertiary/aromatic N) is 3. The van der Waals surface area contributed by atoms with Crippen LogP contribution in [0, 0.1) is 10.1 Å². The van der Waals surface area contributed by atoms with E-state index >= 15 is 0 Å². The van der Waals surface area contributed by atoms with Crippen molar-refractivity contribution in [2.75, 3.05) is 26.3 Å². The first kappa shape index (κ1) is 16.8. The van der Waals surface area contributed by atoms with Gasteiger partial charge in [-0.1, -0.05) is 0 Å². The van der Waals surface area contributed by atoms with Crippen molar-refractivity contribution in [2.45, 2.75) is 0 Å². The molecule has 0 radical (unpaired) electrons. The maximum atomic E-state index is 12.2. The minimum Gasteiger partial charge on any atom is -0.453 e. The molecule has 0 saturated carbocycles. The molecular weight excluding hydrogens is 328 g/mol. The normalized spacial score (nSPS) is 14.7. The van der Waals surface area contributed by atoms with Crippen LogP contribution in [-0.4, -0.2) is 47.1 Å². The van der Waals surface area contributed by atoms with Crippen LogP contribution in [0.2, 0.25) is 0 Å². The largest absolute Gasteiger partial charge is 0.453 e. The summed E-state index contributed by atoms with van der Waals surface area (Å²) in [5.41, 5.74) is 3.32. The highest BCUT2D eigenvalue weighted by atomic mass is 16.6. The van der Waals surface area contributed by atoms with Gasteiger partial charge in [0, 0.05) is 24.7 Å². The highest BCUT2D eigenvalue weighted by Crippen LogP contribution is 2.22. The van der Waals surface area contributed by atoms with Crippen molar-refractivity contribution in [1.29, 1.82) is 0 Å². The molecule has 2 heterocycles. The summed E-state index contributed by atoms with van der Waals surface area (Å²) in [5, 5.41) is 12.4. The molecule has 0 atom stereocenters. The third kappa shape index (κ3) is 4.49. The third-order valence-electron chi connectivity index (χ3n) is 3.53. The van der Waals surface area contributed by atoms with Crippen LogP contribution in [-0.2, 0) is 4.74 Å².